The molecule has 8 nitrogen and oxygen atoms in total. The predicted molar refractivity (Wildman–Crippen MR) is 87.4 cm³/mol. The van der Waals surface area contributed by atoms with Crippen molar-refractivity contribution in [3.63, 3.8) is 0 Å². The predicted octanol–water partition coefficient (Wildman–Crippen LogP) is -0.563. The molecule has 1 fully saturated rings. The fraction of sp³-hybridized carbons (Fsp3) is 0.600. The lowest BCUT2D eigenvalue weighted by atomic mass is 10.3. The molecule has 2 rings (SSSR count). The van der Waals surface area contributed by atoms with Crippen molar-refractivity contribution in [2.45, 2.75) is 6.92 Å². The minimum absolute atomic E-state index is 0.0910. The van der Waals surface area contributed by atoms with Gasteiger partial charge in [0.1, 0.15) is 17.8 Å². The van der Waals surface area contributed by atoms with E-state index in [1.165, 1.54) is 6.33 Å². The van der Waals surface area contributed by atoms with Crippen molar-refractivity contribution >= 4 is 17.6 Å². The van der Waals surface area contributed by atoms with Gasteiger partial charge in [-0.2, -0.15) is 0 Å². The van der Waals surface area contributed by atoms with Crippen molar-refractivity contribution in [3.05, 3.63) is 18.1 Å². The van der Waals surface area contributed by atoms with Crippen LogP contribution in [0.5, 0.6) is 0 Å². The third kappa shape index (κ3) is 4.88. The lowest BCUT2D eigenvalue weighted by molar-refractivity contribution is -0.129. The molecule has 2 amide bonds. The summed E-state index contributed by atoms with van der Waals surface area (Å²) in [6.45, 7) is 5.68. The smallest absolute Gasteiger partial charge is 0.270 e. The molecule has 1 aliphatic heterocycles. The Morgan fingerprint density at radius 2 is 1.91 bits per heavy atom. The molecule has 1 N–H and O–H groups in total. The van der Waals surface area contributed by atoms with E-state index in [2.05, 4.69) is 20.2 Å². The average molecular weight is 320 g/mol. The summed E-state index contributed by atoms with van der Waals surface area (Å²) in [4.78, 5) is 37.6. The van der Waals surface area contributed by atoms with Gasteiger partial charge in [-0.1, -0.05) is 0 Å². The second-order valence-electron chi connectivity index (χ2n) is 5.81. The van der Waals surface area contributed by atoms with Crippen LogP contribution in [-0.4, -0.2) is 84.9 Å². The van der Waals surface area contributed by atoms with Gasteiger partial charge in [0.25, 0.3) is 5.91 Å². The van der Waals surface area contributed by atoms with E-state index < -0.39 is 0 Å². The van der Waals surface area contributed by atoms with Crippen LogP contribution < -0.4 is 10.2 Å². The van der Waals surface area contributed by atoms with E-state index in [0.717, 1.165) is 12.4 Å². The molecule has 8 heteroatoms. The molecule has 1 saturated heterocycles. The molecule has 0 aliphatic carbocycles. The molecular weight excluding hydrogens is 296 g/mol. The van der Waals surface area contributed by atoms with Gasteiger partial charge in [-0.25, -0.2) is 9.97 Å². The highest BCUT2D eigenvalue weighted by molar-refractivity contribution is 5.92. The number of nitrogens with zero attached hydrogens (tertiary/aromatic N) is 5. The lowest BCUT2D eigenvalue weighted by Gasteiger charge is -2.34. The molecule has 0 aromatic carbocycles. The third-order valence-corrected chi connectivity index (χ3v) is 3.78. The molecule has 0 atom stereocenters. The summed E-state index contributed by atoms with van der Waals surface area (Å²) in [6, 6.07) is 1.70. The van der Waals surface area contributed by atoms with Crippen molar-refractivity contribution in [1.29, 1.82) is 0 Å². The summed E-state index contributed by atoms with van der Waals surface area (Å²) >= 11 is 0. The quantitative estimate of drug-likeness (QED) is 0.783. The van der Waals surface area contributed by atoms with Gasteiger partial charge < -0.3 is 20.0 Å². The van der Waals surface area contributed by atoms with Crippen molar-refractivity contribution < 1.29 is 9.59 Å². The molecule has 0 unspecified atom stereocenters. The SMILES string of the molecule is CC(=O)N1CCN(c2cc(C(=O)NCCN(C)C)ncn2)CC1. The molecular formula is C15H24N6O2. The maximum Gasteiger partial charge on any atom is 0.270 e. The first kappa shape index (κ1) is 17.1. The van der Waals surface area contributed by atoms with Crippen LogP contribution >= 0.6 is 0 Å². The Morgan fingerprint density at radius 3 is 2.52 bits per heavy atom. The number of piperazine rings is 1. The highest BCUT2D eigenvalue weighted by atomic mass is 16.2. The van der Waals surface area contributed by atoms with Crippen LogP contribution in [0.1, 0.15) is 17.4 Å². The first-order chi connectivity index (χ1) is 11.0. The number of anilines is 1. The minimum atomic E-state index is -0.196. The zero-order valence-corrected chi connectivity index (χ0v) is 13.9. The Kier molecular flexibility index (Phi) is 5.86. The number of carbonyl (C=O) groups excluding carboxylic acids is 2. The Bertz CT molecular complexity index is 555. The second-order valence-corrected chi connectivity index (χ2v) is 5.81. The Balaban J connectivity index is 1.94. The summed E-state index contributed by atoms with van der Waals surface area (Å²) in [5, 5.41) is 2.84. The number of likely N-dealkylation sites (N-methyl/N-ethyl adjacent to an activating group) is 1. The highest BCUT2D eigenvalue weighted by Crippen LogP contribution is 2.14. The number of nitrogens with one attached hydrogen (secondary N) is 1. The largest absolute Gasteiger partial charge is 0.353 e. The number of rotatable bonds is 5. The molecule has 0 radical (unpaired) electrons. The van der Waals surface area contributed by atoms with Gasteiger partial charge in [-0.3, -0.25) is 9.59 Å². The Hall–Kier alpha value is -2.22. The van der Waals surface area contributed by atoms with E-state index in [1.54, 1.807) is 13.0 Å². The van der Waals surface area contributed by atoms with Gasteiger partial charge in [0, 0.05) is 52.3 Å². The summed E-state index contributed by atoms with van der Waals surface area (Å²) in [7, 11) is 3.91. The third-order valence-electron chi connectivity index (χ3n) is 3.78. The topological polar surface area (TPSA) is 81.7 Å². The van der Waals surface area contributed by atoms with Crippen molar-refractivity contribution in [2.75, 3.05) is 58.3 Å². The van der Waals surface area contributed by atoms with Gasteiger partial charge in [0.15, 0.2) is 0 Å². The van der Waals surface area contributed by atoms with E-state index >= 15 is 0 Å². The molecule has 0 spiro atoms. The number of aromatic nitrogens is 2. The van der Waals surface area contributed by atoms with Gasteiger partial charge in [0.05, 0.1) is 0 Å². The number of amides is 2. The normalized spacial score (nSPS) is 15.0. The Labute approximate surface area is 136 Å². The summed E-state index contributed by atoms with van der Waals surface area (Å²) in [5.74, 6) is 0.618. The first-order valence-electron chi connectivity index (χ1n) is 7.73. The van der Waals surface area contributed by atoms with Crippen LogP contribution in [0.25, 0.3) is 0 Å². The van der Waals surface area contributed by atoms with Crippen LogP contribution in [0, 0.1) is 0 Å². The summed E-state index contributed by atoms with van der Waals surface area (Å²) in [5.41, 5.74) is 0.364. The molecule has 23 heavy (non-hydrogen) atoms. The van der Waals surface area contributed by atoms with Gasteiger partial charge in [-0.15, -0.1) is 0 Å². The maximum atomic E-state index is 12.1. The lowest BCUT2D eigenvalue weighted by Crippen LogP contribution is -2.48. The molecule has 126 valence electrons. The van der Waals surface area contributed by atoms with E-state index in [1.807, 2.05) is 23.9 Å². The first-order valence-corrected chi connectivity index (χ1v) is 7.73. The van der Waals surface area contributed by atoms with Crippen LogP contribution in [0.15, 0.2) is 12.4 Å². The maximum absolute atomic E-state index is 12.1. The van der Waals surface area contributed by atoms with Crippen LogP contribution in [0.4, 0.5) is 5.82 Å². The molecule has 0 bridgehead atoms. The van der Waals surface area contributed by atoms with E-state index in [0.29, 0.717) is 38.4 Å². The average Bonchev–Trinajstić information content (AvgIpc) is 2.54. The molecule has 2 heterocycles. The van der Waals surface area contributed by atoms with Crippen LogP contribution in [0.2, 0.25) is 0 Å². The van der Waals surface area contributed by atoms with E-state index in [9.17, 15) is 9.59 Å². The van der Waals surface area contributed by atoms with E-state index in [-0.39, 0.29) is 11.8 Å². The zero-order chi connectivity index (χ0) is 16.8. The summed E-state index contributed by atoms with van der Waals surface area (Å²) in [6.07, 6.45) is 1.41. The van der Waals surface area contributed by atoms with Crippen molar-refractivity contribution in [3.8, 4) is 0 Å². The fourth-order valence-electron chi connectivity index (χ4n) is 2.38. The summed E-state index contributed by atoms with van der Waals surface area (Å²) < 4.78 is 0. The molecule has 1 aromatic heterocycles. The molecule has 0 saturated carbocycles. The number of hydrogen-bond donors (Lipinski definition) is 1. The number of hydrogen-bond acceptors (Lipinski definition) is 6. The van der Waals surface area contributed by atoms with Gasteiger partial charge >= 0.3 is 0 Å². The Morgan fingerprint density at radius 1 is 1.22 bits per heavy atom. The van der Waals surface area contributed by atoms with E-state index in [4.69, 9.17) is 0 Å². The monoisotopic (exact) mass is 320 g/mol. The fourth-order valence-corrected chi connectivity index (χ4v) is 2.38. The van der Waals surface area contributed by atoms with Crippen molar-refractivity contribution in [1.82, 2.24) is 25.1 Å². The van der Waals surface area contributed by atoms with Gasteiger partial charge in [0.2, 0.25) is 5.91 Å². The van der Waals surface area contributed by atoms with Gasteiger partial charge in [-0.05, 0) is 14.1 Å². The second kappa shape index (κ2) is 7.87. The molecule has 1 aliphatic rings. The van der Waals surface area contributed by atoms with Crippen LogP contribution in [-0.2, 0) is 4.79 Å². The highest BCUT2D eigenvalue weighted by Gasteiger charge is 2.20. The number of carbonyl (C=O) groups is 2. The van der Waals surface area contributed by atoms with Crippen molar-refractivity contribution in [2.24, 2.45) is 0 Å². The molecule has 1 aromatic rings. The minimum Gasteiger partial charge on any atom is -0.353 e. The standard InChI is InChI=1S/C15H24N6O2/c1-12(22)20-6-8-21(9-7-20)14-10-13(17-11-18-14)15(23)16-4-5-19(2)3/h10-11H,4-9H2,1-3H3,(H,16,23). The zero-order valence-electron chi connectivity index (χ0n) is 13.9. The van der Waals surface area contributed by atoms with Crippen LogP contribution in [0.3, 0.4) is 0 Å².